The molecular weight excluding hydrogens is 276 g/mol. The van der Waals surface area contributed by atoms with Gasteiger partial charge in [-0.1, -0.05) is 43.3 Å². The minimum Gasteiger partial charge on any atom is -0.388 e. The second-order valence-electron chi connectivity index (χ2n) is 5.31. The summed E-state index contributed by atoms with van der Waals surface area (Å²) in [5, 5.41) is 13.0. The lowest BCUT2D eigenvalue weighted by atomic mass is 9.96. The van der Waals surface area contributed by atoms with Crippen molar-refractivity contribution in [1.82, 2.24) is 0 Å². The molecule has 0 aromatic heterocycles. The van der Waals surface area contributed by atoms with Gasteiger partial charge in [0.25, 0.3) is 0 Å². The number of carbonyl (C=O) groups is 1. The van der Waals surface area contributed by atoms with Crippen LogP contribution in [0.2, 0.25) is 0 Å². The van der Waals surface area contributed by atoms with E-state index in [4.69, 9.17) is 0 Å². The minimum absolute atomic E-state index is 0.102. The van der Waals surface area contributed by atoms with Crippen molar-refractivity contribution in [2.45, 2.75) is 19.4 Å². The van der Waals surface area contributed by atoms with Crippen molar-refractivity contribution >= 4 is 17.3 Å². The second-order valence-corrected chi connectivity index (χ2v) is 5.31. The number of amides is 1. The summed E-state index contributed by atoms with van der Waals surface area (Å²) < 4.78 is 0. The maximum atomic E-state index is 11.8. The molecule has 2 aromatic carbocycles. The fourth-order valence-electron chi connectivity index (χ4n) is 2.58. The molecule has 1 aliphatic rings. The quantitative estimate of drug-likeness (QED) is 0.914. The first-order valence-electron chi connectivity index (χ1n) is 7.41. The molecule has 1 aliphatic heterocycles. The van der Waals surface area contributed by atoms with E-state index in [9.17, 15) is 9.90 Å². The van der Waals surface area contributed by atoms with Gasteiger partial charge in [0.2, 0.25) is 5.91 Å². The molecule has 1 heterocycles. The Balaban J connectivity index is 2.14. The van der Waals surface area contributed by atoms with Crippen molar-refractivity contribution in [3.8, 4) is 0 Å². The Morgan fingerprint density at radius 3 is 2.73 bits per heavy atom. The van der Waals surface area contributed by atoms with Crippen LogP contribution in [0, 0.1) is 0 Å². The Kier molecular flexibility index (Phi) is 4.02. The monoisotopic (exact) mass is 294 g/mol. The molecule has 0 saturated carbocycles. The van der Waals surface area contributed by atoms with Crippen molar-refractivity contribution in [2.75, 3.05) is 11.9 Å². The first-order chi connectivity index (χ1) is 10.7. The predicted octanol–water partition coefficient (Wildman–Crippen LogP) is 2.92. The number of benzene rings is 2. The Labute approximate surface area is 129 Å². The standard InChI is InChI=1S/C18H18N2O2/c1-2-16(21)13-8-9-15-14(10-13)18(19-11-17(22)20-15)12-6-4-3-5-7-12/h3-10,16,21H,2,11H2,1H3,(H,20,22). The second kappa shape index (κ2) is 6.12. The van der Waals surface area contributed by atoms with Crippen LogP contribution in [0.3, 0.4) is 0 Å². The van der Waals surface area contributed by atoms with E-state index in [0.29, 0.717) is 6.42 Å². The van der Waals surface area contributed by atoms with Crippen LogP contribution in [0.5, 0.6) is 0 Å². The van der Waals surface area contributed by atoms with Crippen molar-refractivity contribution in [2.24, 2.45) is 4.99 Å². The fraction of sp³-hybridized carbons (Fsp3) is 0.222. The Hall–Kier alpha value is -2.46. The van der Waals surface area contributed by atoms with Crippen molar-refractivity contribution in [1.29, 1.82) is 0 Å². The number of benzodiazepines with no additional fused rings is 1. The van der Waals surface area contributed by atoms with Crippen LogP contribution >= 0.6 is 0 Å². The first kappa shape index (κ1) is 14.5. The number of aliphatic hydroxyl groups is 1. The van der Waals surface area contributed by atoms with E-state index in [2.05, 4.69) is 10.3 Å². The van der Waals surface area contributed by atoms with Crippen LogP contribution < -0.4 is 5.32 Å². The van der Waals surface area contributed by atoms with Gasteiger partial charge in [-0.05, 0) is 24.1 Å². The number of carbonyl (C=O) groups excluding carboxylic acids is 1. The van der Waals surface area contributed by atoms with Crippen LogP contribution in [0.1, 0.15) is 36.1 Å². The van der Waals surface area contributed by atoms with E-state index in [1.807, 2.05) is 55.5 Å². The van der Waals surface area contributed by atoms with E-state index in [1.54, 1.807) is 0 Å². The lowest BCUT2D eigenvalue weighted by Gasteiger charge is -2.14. The van der Waals surface area contributed by atoms with Crippen LogP contribution in [0.25, 0.3) is 0 Å². The summed E-state index contributed by atoms with van der Waals surface area (Å²) in [4.78, 5) is 16.3. The van der Waals surface area contributed by atoms with Crippen molar-refractivity contribution in [3.63, 3.8) is 0 Å². The van der Waals surface area contributed by atoms with Gasteiger partial charge in [0, 0.05) is 11.1 Å². The molecule has 4 nitrogen and oxygen atoms in total. The van der Waals surface area contributed by atoms with Crippen LogP contribution in [-0.4, -0.2) is 23.3 Å². The molecular formula is C18H18N2O2. The Morgan fingerprint density at radius 1 is 1.23 bits per heavy atom. The number of anilines is 1. The molecule has 2 N–H and O–H groups in total. The van der Waals surface area contributed by atoms with Gasteiger partial charge in [0.05, 0.1) is 17.5 Å². The summed E-state index contributed by atoms with van der Waals surface area (Å²) in [6, 6.07) is 15.4. The average Bonchev–Trinajstić information content (AvgIpc) is 2.72. The molecule has 3 rings (SSSR count). The molecule has 1 atom stereocenters. The Morgan fingerprint density at radius 2 is 2.00 bits per heavy atom. The molecule has 0 radical (unpaired) electrons. The van der Waals surface area contributed by atoms with E-state index in [-0.39, 0.29) is 12.5 Å². The number of hydrogen-bond donors (Lipinski definition) is 2. The lowest BCUT2D eigenvalue weighted by Crippen LogP contribution is -2.13. The predicted molar refractivity (Wildman–Crippen MR) is 87.3 cm³/mol. The average molecular weight is 294 g/mol. The van der Waals surface area contributed by atoms with Gasteiger partial charge >= 0.3 is 0 Å². The normalized spacial score (nSPS) is 15.4. The number of aliphatic hydroxyl groups excluding tert-OH is 1. The zero-order valence-corrected chi connectivity index (χ0v) is 12.4. The van der Waals surface area contributed by atoms with Gasteiger partial charge < -0.3 is 10.4 Å². The highest BCUT2D eigenvalue weighted by Gasteiger charge is 2.19. The van der Waals surface area contributed by atoms with E-state index in [1.165, 1.54) is 0 Å². The number of rotatable bonds is 3. The number of hydrogen-bond acceptors (Lipinski definition) is 3. The van der Waals surface area contributed by atoms with E-state index >= 15 is 0 Å². The summed E-state index contributed by atoms with van der Waals surface area (Å²) in [5.41, 5.74) is 4.16. The van der Waals surface area contributed by atoms with Gasteiger partial charge in [-0.15, -0.1) is 0 Å². The lowest BCUT2D eigenvalue weighted by molar-refractivity contribution is -0.114. The number of fused-ring (bicyclic) bond motifs is 1. The van der Waals surface area contributed by atoms with E-state index in [0.717, 1.165) is 28.1 Å². The molecule has 0 aliphatic carbocycles. The summed E-state index contributed by atoms with van der Waals surface area (Å²) in [7, 11) is 0. The highest BCUT2D eigenvalue weighted by Crippen LogP contribution is 2.27. The van der Waals surface area contributed by atoms with Gasteiger partial charge in [-0.2, -0.15) is 0 Å². The molecule has 22 heavy (non-hydrogen) atoms. The van der Waals surface area contributed by atoms with Crippen LogP contribution in [0.4, 0.5) is 5.69 Å². The number of aliphatic imine (C=N–C) groups is 1. The molecule has 1 amide bonds. The van der Waals surface area contributed by atoms with Crippen LogP contribution in [-0.2, 0) is 4.79 Å². The molecule has 112 valence electrons. The van der Waals surface area contributed by atoms with Gasteiger partial charge in [-0.25, -0.2) is 0 Å². The Bertz CT molecular complexity index is 723. The zero-order chi connectivity index (χ0) is 15.5. The molecule has 4 heteroatoms. The van der Waals surface area contributed by atoms with Crippen LogP contribution in [0.15, 0.2) is 53.5 Å². The fourth-order valence-corrected chi connectivity index (χ4v) is 2.58. The van der Waals surface area contributed by atoms with Crippen molar-refractivity contribution < 1.29 is 9.90 Å². The third-order valence-electron chi connectivity index (χ3n) is 3.77. The highest BCUT2D eigenvalue weighted by atomic mass is 16.3. The topological polar surface area (TPSA) is 61.7 Å². The van der Waals surface area contributed by atoms with Gasteiger partial charge in [0.15, 0.2) is 0 Å². The summed E-state index contributed by atoms with van der Waals surface area (Å²) in [6.07, 6.45) is 0.129. The maximum absolute atomic E-state index is 11.8. The van der Waals surface area contributed by atoms with Gasteiger partial charge in [-0.3, -0.25) is 9.79 Å². The van der Waals surface area contributed by atoms with Crippen molar-refractivity contribution in [3.05, 3.63) is 65.2 Å². The smallest absolute Gasteiger partial charge is 0.246 e. The third-order valence-corrected chi connectivity index (χ3v) is 3.77. The molecule has 0 spiro atoms. The number of nitrogens with zero attached hydrogens (tertiary/aromatic N) is 1. The first-order valence-corrected chi connectivity index (χ1v) is 7.41. The summed E-state index contributed by atoms with van der Waals surface area (Å²) in [6.45, 7) is 2.04. The molecule has 1 unspecified atom stereocenters. The maximum Gasteiger partial charge on any atom is 0.246 e. The number of nitrogens with one attached hydrogen (secondary N) is 1. The van der Waals surface area contributed by atoms with Gasteiger partial charge in [0.1, 0.15) is 6.54 Å². The highest BCUT2D eigenvalue weighted by molar-refractivity contribution is 6.19. The third kappa shape index (κ3) is 2.78. The largest absolute Gasteiger partial charge is 0.388 e. The zero-order valence-electron chi connectivity index (χ0n) is 12.4. The summed E-state index contributed by atoms with van der Waals surface area (Å²) in [5.74, 6) is -0.129. The molecule has 2 aromatic rings. The SMILES string of the molecule is CCC(O)c1ccc2c(c1)C(c1ccccc1)=NCC(=O)N2. The molecule has 0 bridgehead atoms. The minimum atomic E-state index is -0.513. The molecule has 0 fully saturated rings. The molecule has 0 saturated heterocycles. The van der Waals surface area contributed by atoms with E-state index < -0.39 is 6.10 Å². The summed E-state index contributed by atoms with van der Waals surface area (Å²) >= 11 is 0.